The maximum Gasteiger partial charge on any atom is 0.266 e. The third kappa shape index (κ3) is 3.81. The molecule has 34 heavy (non-hydrogen) atoms. The van der Waals surface area contributed by atoms with Gasteiger partial charge in [-0.15, -0.1) is 0 Å². The van der Waals surface area contributed by atoms with E-state index in [2.05, 4.69) is 11.9 Å². The van der Waals surface area contributed by atoms with Crippen molar-refractivity contribution >= 4 is 17.2 Å². The molecule has 0 saturated heterocycles. The van der Waals surface area contributed by atoms with E-state index < -0.39 is 12.0 Å². The molecular weight excluding hydrogens is 438 g/mol. The maximum absolute atomic E-state index is 13.5. The molecule has 0 aliphatic heterocycles. The number of halogens is 2. The summed E-state index contributed by atoms with van der Waals surface area (Å²) < 4.78 is 26.9. The fourth-order valence-electron chi connectivity index (χ4n) is 8.66. The van der Waals surface area contributed by atoms with E-state index in [1.807, 2.05) is 0 Å². The Hall–Kier alpha value is -1.80. The zero-order chi connectivity index (χ0) is 24.3. The predicted octanol–water partition coefficient (Wildman–Crippen LogP) is 4.18. The highest BCUT2D eigenvalue weighted by atomic mass is 19.3. The van der Waals surface area contributed by atoms with Crippen LogP contribution in [0, 0.1) is 40.9 Å². The van der Waals surface area contributed by atoms with Crippen molar-refractivity contribution in [1.29, 1.82) is 0 Å². The van der Waals surface area contributed by atoms with E-state index in [1.165, 1.54) is 11.2 Å². The van der Waals surface area contributed by atoms with Crippen LogP contribution in [0.1, 0.15) is 64.7 Å². The second-order valence-corrected chi connectivity index (χ2v) is 11.8. The minimum atomic E-state index is -2.66. The van der Waals surface area contributed by atoms with Crippen LogP contribution in [0.3, 0.4) is 0 Å². The van der Waals surface area contributed by atoms with Crippen molar-refractivity contribution in [3.05, 3.63) is 18.5 Å². The standard InChI is InChI=1S/C26H38F2N4O2/c1-25-9-6-17-16-7-10-26(34,24(27)28)12-15(16)2-3-18(17)19(25)4-5-20(25)23(33)14-32(30)22-8-11-31-13-21(22)29/h8,11,13,15-20,24,34H,2-7,9-10,12,14,29-30H2,1H3/t15?,16-,17+,18+,19-,20+,25-,26+/m0/s1. The molecule has 0 radical (unpaired) electrons. The van der Waals surface area contributed by atoms with Crippen LogP contribution in [-0.4, -0.2) is 34.4 Å². The zero-order valence-corrected chi connectivity index (χ0v) is 20.0. The summed E-state index contributed by atoms with van der Waals surface area (Å²) in [6.45, 7) is 2.43. The van der Waals surface area contributed by atoms with Gasteiger partial charge in [-0.3, -0.25) is 9.78 Å². The summed E-state index contributed by atoms with van der Waals surface area (Å²) in [4.78, 5) is 17.4. The lowest BCUT2D eigenvalue weighted by Gasteiger charge is -2.57. The summed E-state index contributed by atoms with van der Waals surface area (Å²) in [6.07, 6.45) is 7.60. The Labute approximate surface area is 200 Å². The molecule has 4 fully saturated rings. The Morgan fingerprint density at radius 3 is 2.68 bits per heavy atom. The van der Waals surface area contributed by atoms with Gasteiger partial charge < -0.3 is 15.8 Å². The molecule has 0 spiro atoms. The molecule has 6 nitrogen and oxygen atoms in total. The van der Waals surface area contributed by atoms with E-state index in [0.29, 0.717) is 41.5 Å². The molecule has 8 heteroatoms. The number of carbonyl (C=O) groups is 1. The predicted molar refractivity (Wildman–Crippen MR) is 127 cm³/mol. The fourth-order valence-corrected chi connectivity index (χ4v) is 8.66. The SMILES string of the molecule is C[C@]12CC[C@H]3[C@@H](CCC4C[C@@](O)(C(F)F)CC[C@@H]43)[C@@H]1CC[C@@H]2C(=O)CN(N)c1ccncc1N. The Morgan fingerprint density at radius 1 is 1.18 bits per heavy atom. The van der Waals surface area contributed by atoms with Crippen molar-refractivity contribution in [1.82, 2.24) is 4.98 Å². The monoisotopic (exact) mass is 476 g/mol. The van der Waals surface area contributed by atoms with Crippen LogP contribution >= 0.6 is 0 Å². The first-order valence-electron chi connectivity index (χ1n) is 12.9. The minimum Gasteiger partial charge on any atom is -0.396 e. The maximum atomic E-state index is 13.5. The van der Waals surface area contributed by atoms with Crippen LogP contribution in [0.5, 0.6) is 0 Å². The molecule has 1 aromatic rings. The second kappa shape index (κ2) is 8.70. The van der Waals surface area contributed by atoms with Gasteiger partial charge in [0.2, 0.25) is 0 Å². The number of alkyl halides is 2. The Morgan fingerprint density at radius 2 is 1.94 bits per heavy atom. The quantitative estimate of drug-likeness (QED) is 0.435. The average molecular weight is 477 g/mol. The number of pyridine rings is 1. The highest BCUT2D eigenvalue weighted by molar-refractivity contribution is 5.87. The van der Waals surface area contributed by atoms with Gasteiger partial charge in [-0.25, -0.2) is 14.6 Å². The van der Waals surface area contributed by atoms with Gasteiger partial charge in [-0.1, -0.05) is 6.92 Å². The number of hydrazine groups is 1. The van der Waals surface area contributed by atoms with Gasteiger partial charge in [0.15, 0.2) is 5.78 Å². The van der Waals surface area contributed by atoms with Crippen molar-refractivity contribution in [3.8, 4) is 0 Å². The van der Waals surface area contributed by atoms with Crippen LogP contribution in [-0.2, 0) is 4.79 Å². The molecule has 8 atom stereocenters. The number of fused-ring (bicyclic) bond motifs is 5. The molecule has 0 bridgehead atoms. The average Bonchev–Trinajstić information content (AvgIpc) is 3.16. The van der Waals surface area contributed by atoms with E-state index in [1.54, 1.807) is 12.3 Å². The van der Waals surface area contributed by atoms with E-state index >= 15 is 0 Å². The van der Waals surface area contributed by atoms with Crippen molar-refractivity contribution in [2.24, 2.45) is 46.8 Å². The van der Waals surface area contributed by atoms with Crippen molar-refractivity contribution in [3.63, 3.8) is 0 Å². The van der Waals surface area contributed by atoms with Gasteiger partial charge >= 0.3 is 0 Å². The first-order chi connectivity index (χ1) is 16.1. The number of carbonyl (C=O) groups excluding carboxylic acids is 1. The summed E-state index contributed by atoms with van der Waals surface area (Å²) in [5.74, 6) is 8.62. The van der Waals surface area contributed by atoms with E-state index in [4.69, 9.17) is 11.6 Å². The summed E-state index contributed by atoms with van der Waals surface area (Å²) >= 11 is 0. The van der Waals surface area contributed by atoms with E-state index in [-0.39, 0.29) is 42.4 Å². The van der Waals surface area contributed by atoms with Crippen molar-refractivity contribution < 1.29 is 18.7 Å². The Kier molecular flexibility index (Phi) is 6.12. The highest BCUT2D eigenvalue weighted by Crippen LogP contribution is 2.64. The molecule has 0 aromatic carbocycles. The largest absolute Gasteiger partial charge is 0.396 e. The minimum absolute atomic E-state index is 0.0134. The molecule has 5 N–H and O–H groups in total. The lowest BCUT2D eigenvalue weighted by Crippen LogP contribution is -2.53. The molecular formula is C26H38F2N4O2. The van der Waals surface area contributed by atoms with Crippen LogP contribution in [0.15, 0.2) is 18.5 Å². The number of anilines is 2. The third-order valence-electron chi connectivity index (χ3n) is 10.3. The van der Waals surface area contributed by atoms with Crippen molar-refractivity contribution in [2.75, 3.05) is 17.3 Å². The number of hydrogen-bond donors (Lipinski definition) is 3. The van der Waals surface area contributed by atoms with Gasteiger partial charge in [-0.2, -0.15) is 0 Å². The molecule has 1 aromatic heterocycles. The van der Waals surface area contributed by atoms with Crippen molar-refractivity contribution in [2.45, 2.75) is 76.7 Å². The first kappa shape index (κ1) is 23.9. The van der Waals surface area contributed by atoms with E-state index in [9.17, 15) is 18.7 Å². The summed E-state index contributed by atoms with van der Waals surface area (Å²) in [7, 11) is 0. The first-order valence-corrected chi connectivity index (χ1v) is 12.9. The number of rotatable bonds is 5. The summed E-state index contributed by atoms with van der Waals surface area (Å²) in [5, 5.41) is 11.9. The van der Waals surface area contributed by atoms with Gasteiger partial charge in [0.1, 0.15) is 5.60 Å². The zero-order valence-electron chi connectivity index (χ0n) is 20.0. The topological polar surface area (TPSA) is 105 Å². The van der Waals surface area contributed by atoms with Crippen LogP contribution < -0.4 is 16.6 Å². The van der Waals surface area contributed by atoms with Gasteiger partial charge in [0.05, 0.1) is 24.1 Å². The number of ketones is 1. The Balaban J connectivity index is 1.28. The number of nitrogens with two attached hydrogens (primary N) is 2. The second-order valence-electron chi connectivity index (χ2n) is 11.8. The molecule has 4 aliphatic rings. The number of nitrogen functional groups attached to an aromatic ring is 1. The van der Waals surface area contributed by atoms with Gasteiger partial charge in [0, 0.05) is 12.1 Å². The van der Waals surface area contributed by atoms with Gasteiger partial charge in [0.25, 0.3) is 6.43 Å². The lowest BCUT2D eigenvalue weighted by molar-refractivity contribution is -0.160. The summed E-state index contributed by atoms with van der Waals surface area (Å²) in [6, 6.07) is 1.73. The van der Waals surface area contributed by atoms with Gasteiger partial charge in [-0.05, 0) is 98.9 Å². The number of aromatic nitrogens is 1. The molecule has 4 saturated carbocycles. The molecule has 188 valence electrons. The number of nitrogens with zero attached hydrogens (tertiary/aromatic N) is 2. The highest BCUT2D eigenvalue weighted by Gasteiger charge is 2.59. The van der Waals surface area contributed by atoms with Crippen LogP contribution in [0.4, 0.5) is 20.2 Å². The van der Waals surface area contributed by atoms with E-state index in [0.717, 1.165) is 38.5 Å². The number of Topliss-reactive ketones (excluding diaryl/α,β-unsaturated/α-hetero) is 1. The smallest absolute Gasteiger partial charge is 0.266 e. The number of hydrogen-bond acceptors (Lipinski definition) is 6. The molecule has 1 heterocycles. The van der Waals surface area contributed by atoms with Crippen LogP contribution in [0.2, 0.25) is 0 Å². The molecule has 5 rings (SSSR count). The molecule has 1 unspecified atom stereocenters. The molecule has 0 amide bonds. The number of aliphatic hydroxyl groups is 1. The third-order valence-corrected chi connectivity index (χ3v) is 10.3. The molecule has 4 aliphatic carbocycles. The fraction of sp³-hybridized carbons (Fsp3) is 0.769. The lowest BCUT2D eigenvalue weighted by atomic mass is 9.49. The summed E-state index contributed by atoms with van der Waals surface area (Å²) in [5.41, 5.74) is 5.23. The van der Waals surface area contributed by atoms with Crippen LogP contribution in [0.25, 0.3) is 0 Å². The normalized spacial score (nSPS) is 41.5. The Bertz CT molecular complexity index is 932.